The number of hydrogen-bond donors (Lipinski definition) is 1. The number of thiazole rings is 1. The largest absolute Gasteiger partial charge is 0.496 e. The summed E-state index contributed by atoms with van der Waals surface area (Å²) in [5.74, 6) is 0.702. The maximum Gasteiger partial charge on any atom is 0.261 e. The topological polar surface area (TPSA) is 51.2 Å². The molecule has 1 atom stereocenters. The van der Waals surface area contributed by atoms with Crippen LogP contribution in [0.25, 0.3) is 11.3 Å². The van der Waals surface area contributed by atoms with Gasteiger partial charge in [-0.1, -0.05) is 49.7 Å². The second kappa shape index (κ2) is 8.55. The van der Waals surface area contributed by atoms with Gasteiger partial charge in [0.15, 0.2) is 5.13 Å². The molecule has 0 saturated carbocycles. The number of halogens is 1. The van der Waals surface area contributed by atoms with Crippen LogP contribution in [-0.2, 0) is 0 Å². The predicted molar refractivity (Wildman–Crippen MR) is 112 cm³/mol. The van der Waals surface area contributed by atoms with E-state index >= 15 is 0 Å². The Kier molecular flexibility index (Phi) is 6.14. The van der Waals surface area contributed by atoms with E-state index in [1.54, 1.807) is 18.2 Å². The van der Waals surface area contributed by atoms with Gasteiger partial charge in [-0.15, -0.1) is 11.3 Å². The fourth-order valence-corrected chi connectivity index (χ4v) is 3.59. The predicted octanol–water partition coefficient (Wildman–Crippen LogP) is 6.24. The molecule has 1 amide bonds. The van der Waals surface area contributed by atoms with Crippen LogP contribution in [0.2, 0.25) is 5.02 Å². The van der Waals surface area contributed by atoms with Gasteiger partial charge in [0.1, 0.15) is 5.75 Å². The fourth-order valence-electron chi connectivity index (χ4n) is 2.70. The molecule has 0 radical (unpaired) electrons. The third-order valence-corrected chi connectivity index (χ3v) is 5.51. The maximum atomic E-state index is 12.6. The van der Waals surface area contributed by atoms with Crippen LogP contribution in [0.5, 0.6) is 5.75 Å². The molecule has 1 aromatic heterocycles. The highest BCUT2D eigenvalue weighted by Gasteiger charge is 2.15. The summed E-state index contributed by atoms with van der Waals surface area (Å²) in [7, 11) is 1.52. The Morgan fingerprint density at radius 2 is 2.00 bits per heavy atom. The first-order valence-corrected chi connectivity index (χ1v) is 9.98. The van der Waals surface area contributed by atoms with Gasteiger partial charge in [-0.3, -0.25) is 10.1 Å². The van der Waals surface area contributed by atoms with Gasteiger partial charge in [0.2, 0.25) is 0 Å². The van der Waals surface area contributed by atoms with Crippen LogP contribution >= 0.6 is 22.9 Å². The van der Waals surface area contributed by atoms with Crippen molar-refractivity contribution in [1.29, 1.82) is 0 Å². The monoisotopic (exact) mass is 400 g/mol. The number of amides is 1. The minimum atomic E-state index is -0.303. The van der Waals surface area contributed by atoms with E-state index in [4.69, 9.17) is 16.3 Å². The molecule has 0 bridgehead atoms. The highest BCUT2D eigenvalue weighted by molar-refractivity contribution is 7.14. The molecule has 4 nitrogen and oxygen atoms in total. The minimum Gasteiger partial charge on any atom is -0.496 e. The van der Waals surface area contributed by atoms with Crippen LogP contribution in [0.4, 0.5) is 5.13 Å². The summed E-state index contributed by atoms with van der Waals surface area (Å²) in [6.07, 6.45) is 1.11. The number of benzene rings is 2. The number of carbonyl (C=O) groups is 1. The first-order valence-electron chi connectivity index (χ1n) is 8.72. The molecule has 3 aromatic rings. The highest BCUT2D eigenvalue weighted by Crippen LogP contribution is 2.29. The maximum absolute atomic E-state index is 12.6. The molecule has 1 heterocycles. The Morgan fingerprint density at radius 3 is 2.67 bits per heavy atom. The van der Waals surface area contributed by atoms with Gasteiger partial charge in [0, 0.05) is 16.0 Å². The number of anilines is 1. The van der Waals surface area contributed by atoms with Crippen LogP contribution in [0.1, 0.15) is 42.1 Å². The molecule has 0 aliphatic rings. The average Bonchev–Trinajstić information content (AvgIpc) is 3.15. The Morgan fingerprint density at radius 1 is 1.26 bits per heavy atom. The smallest absolute Gasteiger partial charge is 0.261 e. The van der Waals surface area contributed by atoms with Crippen molar-refractivity contribution in [2.24, 2.45) is 0 Å². The van der Waals surface area contributed by atoms with Crippen molar-refractivity contribution in [3.63, 3.8) is 0 Å². The Balaban J connectivity index is 1.76. The lowest BCUT2D eigenvalue weighted by Crippen LogP contribution is -2.13. The first kappa shape index (κ1) is 19.4. The van der Waals surface area contributed by atoms with Crippen LogP contribution in [0, 0.1) is 0 Å². The third-order valence-electron chi connectivity index (χ3n) is 4.52. The van der Waals surface area contributed by atoms with E-state index in [-0.39, 0.29) is 5.91 Å². The van der Waals surface area contributed by atoms with Crippen molar-refractivity contribution >= 4 is 34.0 Å². The van der Waals surface area contributed by atoms with Gasteiger partial charge in [-0.05, 0) is 36.1 Å². The zero-order valence-electron chi connectivity index (χ0n) is 15.5. The molecule has 0 saturated heterocycles. The fraction of sp³-hybridized carbons (Fsp3) is 0.238. The van der Waals surface area contributed by atoms with Gasteiger partial charge in [0.05, 0.1) is 18.4 Å². The van der Waals surface area contributed by atoms with Crippen molar-refractivity contribution in [1.82, 2.24) is 4.98 Å². The highest BCUT2D eigenvalue weighted by atomic mass is 35.5. The number of aromatic nitrogens is 1. The number of ether oxygens (including phenoxy) is 1. The second-order valence-corrected chi connectivity index (χ2v) is 7.56. The van der Waals surface area contributed by atoms with E-state index in [1.165, 1.54) is 24.0 Å². The van der Waals surface area contributed by atoms with E-state index < -0.39 is 0 Å². The summed E-state index contributed by atoms with van der Waals surface area (Å²) in [5.41, 5.74) is 3.56. The normalized spacial score (nSPS) is 11.9. The summed E-state index contributed by atoms with van der Waals surface area (Å²) in [4.78, 5) is 17.1. The molecular weight excluding hydrogens is 380 g/mol. The molecule has 0 fully saturated rings. The SMILES string of the molecule is CCC(C)c1ccc(-c2csc(NC(=O)c3cc(Cl)ccc3OC)n2)cc1. The summed E-state index contributed by atoms with van der Waals surface area (Å²) in [6.45, 7) is 4.40. The molecule has 0 aliphatic carbocycles. The van der Waals surface area contributed by atoms with Crippen molar-refractivity contribution in [2.45, 2.75) is 26.2 Å². The molecule has 27 heavy (non-hydrogen) atoms. The zero-order chi connectivity index (χ0) is 19.4. The molecule has 6 heteroatoms. The molecule has 1 unspecified atom stereocenters. The number of nitrogens with one attached hydrogen (secondary N) is 1. The minimum absolute atomic E-state index is 0.303. The van der Waals surface area contributed by atoms with Crippen LogP contribution in [0.15, 0.2) is 47.8 Å². The number of methoxy groups -OCH3 is 1. The zero-order valence-corrected chi connectivity index (χ0v) is 17.0. The van der Waals surface area contributed by atoms with Crippen molar-refractivity contribution in [3.05, 3.63) is 64.0 Å². The lowest BCUT2D eigenvalue weighted by atomic mass is 9.97. The molecule has 2 aromatic carbocycles. The third kappa shape index (κ3) is 4.49. The number of hydrogen-bond acceptors (Lipinski definition) is 4. The molecule has 0 spiro atoms. The molecule has 3 rings (SSSR count). The molecular formula is C21H21ClN2O2S. The summed E-state index contributed by atoms with van der Waals surface area (Å²) in [6, 6.07) is 13.4. The number of nitrogens with zero attached hydrogens (tertiary/aromatic N) is 1. The number of carbonyl (C=O) groups excluding carboxylic acids is 1. The van der Waals surface area contributed by atoms with E-state index in [2.05, 4.69) is 48.4 Å². The molecule has 1 N–H and O–H groups in total. The average molecular weight is 401 g/mol. The molecule has 0 aliphatic heterocycles. The van der Waals surface area contributed by atoms with Crippen LogP contribution < -0.4 is 10.1 Å². The van der Waals surface area contributed by atoms with E-state index in [1.807, 2.05) is 5.38 Å². The van der Waals surface area contributed by atoms with Gasteiger partial charge in [-0.2, -0.15) is 0 Å². The van der Waals surface area contributed by atoms with Gasteiger partial charge in [0.25, 0.3) is 5.91 Å². The standard InChI is InChI=1S/C21H21ClN2O2S/c1-4-13(2)14-5-7-15(8-6-14)18-12-27-21(23-18)24-20(25)17-11-16(22)9-10-19(17)26-3/h5-13H,4H2,1-3H3,(H,23,24,25). The molecule has 140 valence electrons. The van der Waals surface area contributed by atoms with Gasteiger partial charge < -0.3 is 4.74 Å². The lowest BCUT2D eigenvalue weighted by Gasteiger charge is -2.09. The van der Waals surface area contributed by atoms with Gasteiger partial charge >= 0.3 is 0 Å². The van der Waals surface area contributed by atoms with Crippen LogP contribution in [0.3, 0.4) is 0 Å². The van der Waals surface area contributed by atoms with Crippen molar-refractivity contribution in [3.8, 4) is 17.0 Å². The Labute approximate surface area is 168 Å². The Hall–Kier alpha value is -2.37. The summed E-state index contributed by atoms with van der Waals surface area (Å²) >= 11 is 7.38. The summed E-state index contributed by atoms with van der Waals surface area (Å²) in [5, 5.41) is 5.76. The first-order chi connectivity index (χ1) is 13.0. The van der Waals surface area contributed by atoms with Crippen molar-refractivity contribution < 1.29 is 9.53 Å². The Bertz CT molecular complexity index is 938. The number of rotatable bonds is 6. The van der Waals surface area contributed by atoms with Crippen LogP contribution in [-0.4, -0.2) is 18.0 Å². The second-order valence-electron chi connectivity index (χ2n) is 6.27. The van der Waals surface area contributed by atoms with Gasteiger partial charge in [-0.25, -0.2) is 4.98 Å². The van der Waals surface area contributed by atoms with E-state index in [0.29, 0.717) is 27.4 Å². The van der Waals surface area contributed by atoms with E-state index in [9.17, 15) is 4.79 Å². The van der Waals surface area contributed by atoms with Crippen molar-refractivity contribution in [2.75, 3.05) is 12.4 Å². The summed E-state index contributed by atoms with van der Waals surface area (Å²) < 4.78 is 5.24. The van der Waals surface area contributed by atoms with E-state index in [0.717, 1.165) is 17.7 Å². The lowest BCUT2D eigenvalue weighted by molar-refractivity contribution is 0.102. The quantitative estimate of drug-likeness (QED) is 0.532.